The number of hydrogen-bond donors (Lipinski definition) is 1. The first-order chi connectivity index (χ1) is 6.48. The molecule has 0 fully saturated rings. The average molecular weight is 195 g/mol. The summed E-state index contributed by atoms with van der Waals surface area (Å²) in [4.78, 5) is 4.40. The molecule has 1 aromatic rings. The molecule has 1 heterocycles. The van der Waals surface area contributed by atoms with E-state index < -0.39 is 0 Å². The summed E-state index contributed by atoms with van der Waals surface area (Å²) in [7, 11) is 1.91. The predicted octanol–water partition coefficient (Wildman–Crippen LogP) is 2.67. The zero-order valence-corrected chi connectivity index (χ0v) is 9.89. The monoisotopic (exact) mass is 195 g/mol. The van der Waals surface area contributed by atoms with E-state index in [1.54, 1.807) is 0 Å². The van der Waals surface area contributed by atoms with Gasteiger partial charge in [-0.2, -0.15) is 0 Å². The molecule has 0 bridgehead atoms. The summed E-state index contributed by atoms with van der Waals surface area (Å²) in [5, 5.41) is 3.11. The Bertz CT molecular complexity index is 299. The zero-order chi connectivity index (χ0) is 10.8. The van der Waals surface area contributed by atoms with Crippen LogP contribution in [-0.4, -0.2) is 16.6 Å². The van der Waals surface area contributed by atoms with Crippen molar-refractivity contribution in [1.82, 2.24) is 9.55 Å². The number of nitrogens with one attached hydrogen (secondary N) is 1. The Morgan fingerprint density at radius 3 is 2.64 bits per heavy atom. The zero-order valence-electron chi connectivity index (χ0n) is 9.89. The van der Waals surface area contributed by atoms with Crippen LogP contribution >= 0.6 is 0 Å². The largest absolute Gasteiger partial charge is 0.359 e. The van der Waals surface area contributed by atoms with E-state index in [1.165, 1.54) is 6.42 Å². The molecule has 0 unspecified atom stereocenters. The highest BCUT2D eigenvalue weighted by atomic mass is 15.2. The summed E-state index contributed by atoms with van der Waals surface area (Å²) >= 11 is 0. The van der Waals surface area contributed by atoms with Crippen molar-refractivity contribution in [2.45, 2.75) is 40.7 Å². The molecule has 0 saturated heterocycles. The van der Waals surface area contributed by atoms with Crippen molar-refractivity contribution in [3.8, 4) is 0 Å². The lowest BCUT2D eigenvalue weighted by atomic mass is 9.90. The molecule has 0 aliphatic heterocycles. The first-order valence-corrected chi connectivity index (χ1v) is 5.20. The van der Waals surface area contributed by atoms with Gasteiger partial charge in [0.05, 0.1) is 5.69 Å². The van der Waals surface area contributed by atoms with Crippen molar-refractivity contribution in [2.24, 2.45) is 5.41 Å². The lowest BCUT2D eigenvalue weighted by Crippen LogP contribution is -2.19. The number of anilines is 1. The van der Waals surface area contributed by atoms with Gasteiger partial charge < -0.3 is 9.88 Å². The van der Waals surface area contributed by atoms with E-state index in [2.05, 4.69) is 41.8 Å². The van der Waals surface area contributed by atoms with Gasteiger partial charge in [0.15, 0.2) is 0 Å². The quantitative estimate of drug-likeness (QED) is 0.800. The fourth-order valence-corrected chi connectivity index (χ4v) is 1.44. The van der Waals surface area contributed by atoms with E-state index in [9.17, 15) is 0 Å². The van der Waals surface area contributed by atoms with Crippen LogP contribution in [0.2, 0.25) is 0 Å². The number of rotatable bonds is 4. The number of aryl methyl sites for hydroxylation is 1. The van der Waals surface area contributed by atoms with Crippen molar-refractivity contribution in [1.29, 1.82) is 0 Å². The van der Waals surface area contributed by atoms with Gasteiger partial charge in [-0.15, -0.1) is 0 Å². The van der Waals surface area contributed by atoms with Crippen molar-refractivity contribution in [3.05, 3.63) is 11.9 Å². The Hall–Kier alpha value is -0.990. The van der Waals surface area contributed by atoms with Gasteiger partial charge in [0.1, 0.15) is 0 Å². The van der Waals surface area contributed by atoms with Gasteiger partial charge in [0, 0.05) is 19.8 Å². The standard InChI is InChI=1S/C11H21N3/c1-6-11(3,4)8-14-7-9(2)13-10(14)12-5/h7H,6,8H2,1-5H3,(H,12,13). The molecule has 1 N–H and O–H groups in total. The third-order valence-electron chi connectivity index (χ3n) is 2.68. The Morgan fingerprint density at radius 1 is 1.50 bits per heavy atom. The minimum Gasteiger partial charge on any atom is -0.359 e. The first kappa shape index (κ1) is 11.1. The van der Waals surface area contributed by atoms with Crippen LogP contribution in [0.4, 0.5) is 5.95 Å². The van der Waals surface area contributed by atoms with Gasteiger partial charge in [-0.25, -0.2) is 4.98 Å². The summed E-state index contributed by atoms with van der Waals surface area (Å²) in [5.74, 6) is 0.962. The van der Waals surface area contributed by atoms with Gasteiger partial charge >= 0.3 is 0 Å². The molecule has 1 rings (SSSR count). The number of imidazole rings is 1. The number of nitrogens with zero attached hydrogens (tertiary/aromatic N) is 2. The van der Waals surface area contributed by atoms with Crippen LogP contribution in [0.25, 0.3) is 0 Å². The summed E-state index contributed by atoms with van der Waals surface area (Å²) < 4.78 is 2.19. The van der Waals surface area contributed by atoms with Crippen LogP contribution in [0, 0.1) is 12.3 Å². The highest BCUT2D eigenvalue weighted by Crippen LogP contribution is 2.24. The van der Waals surface area contributed by atoms with Gasteiger partial charge in [-0.05, 0) is 18.8 Å². The Morgan fingerprint density at radius 2 is 2.14 bits per heavy atom. The molecule has 0 spiro atoms. The average Bonchev–Trinajstić information content (AvgIpc) is 2.45. The van der Waals surface area contributed by atoms with E-state index in [0.29, 0.717) is 5.41 Å². The van der Waals surface area contributed by atoms with E-state index in [1.807, 2.05) is 14.0 Å². The van der Waals surface area contributed by atoms with Crippen LogP contribution in [0.15, 0.2) is 6.20 Å². The van der Waals surface area contributed by atoms with Gasteiger partial charge in [0.25, 0.3) is 0 Å². The minimum atomic E-state index is 0.332. The van der Waals surface area contributed by atoms with Crippen LogP contribution in [0.5, 0.6) is 0 Å². The van der Waals surface area contributed by atoms with Crippen LogP contribution in [0.3, 0.4) is 0 Å². The smallest absolute Gasteiger partial charge is 0.202 e. The van der Waals surface area contributed by atoms with E-state index in [-0.39, 0.29) is 0 Å². The second-order valence-corrected chi connectivity index (χ2v) is 4.60. The lowest BCUT2D eigenvalue weighted by molar-refractivity contribution is 0.296. The van der Waals surface area contributed by atoms with Crippen LogP contribution in [-0.2, 0) is 6.54 Å². The van der Waals surface area contributed by atoms with Gasteiger partial charge in [-0.3, -0.25) is 0 Å². The van der Waals surface area contributed by atoms with E-state index in [0.717, 1.165) is 18.2 Å². The predicted molar refractivity (Wildman–Crippen MR) is 60.6 cm³/mol. The van der Waals surface area contributed by atoms with Crippen molar-refractivity contribution < 1.29 is 0 Å². The van der Waals surface area contributed by atoms with Crippen molar-refractivity contribution in [2.75, 3.05) is 12.4 Å². The molecule has 0 radical (unpaired) electrons. The summed E-state index contributed by atoms with van der Waals surface area (Å²) in [6.45, 7) is 9.82. The van der Waals surface area contributed by atoms with Crippen LogP contribution in [0.1, 0.15) is 32.9 Å². The maximum atomic E-state index is 4.40. The van der Waals surface area contributed by atoms with Crippen molar-refractivity contribution in [3.63, 3.8) is 0 Å². The lowest BCUT2D eigenvalue weighted by Gasteiger charge is -2.23. The molecule has 14 heavy (non-hydrogen) atoms. The molecule has 80 valence electrons. The summed E-state index contributed by atoms with van der Waals surface area (Å²) in [5.41, 5.74) is 1.40. The summed E-state index contributed by atoms with van der Waals surface area (Å²) in [6, 6.07) is 0. The van der Waals surface area contributed by atoms with Crippen LogP contribution < -0.4 is 5.32 Å². The number of hydrogen-bond acceptors (Lipinski definition) is 2. The molecule has 0 atom stereocenters. The molecular weight excluding hydrogens is 174 g/mol. The van der Waals surface area contributed by atoms with Crippen molar-refractivity contribution >= 4 is 5.95 Å². The molecular formula is C11H21N3. The van der Waals surface area contributed by atoms with E-state index in [4.69, 9.17) is 0 Å². The third-order valence-corrected chi connectivity index (χ3v) is 2.68. The maximum absolute atomic E-state index is 4.40. The fraction of sp³-hybridized carbons (Fsp3) is 0.727. The Labute approximate surface area is 86.5 Å². The first-order valence-electron chi connectivity index (χ1n) is 5.20. The molecule has 0 aromatic carbocycles. The topological polar surface area (TPSA) is 29.9 Å². The number of aromatic nitrogens is 2. The SMILES string of the molecule is CCC(C)(C)Cn1cc(C)nc1NC. The second kappa shape index (κ2) is 4.03. The molecule has 0 aliphatic carbocycles. The Balaban J connectivity index is 2.85. The van der Waals surface area contributed by atoms with Gasteiger partial charge in [-0.1, -0.05) is 20.8 Å². The normalized spacial score (nSPS) is 11.8. The Kier molecular flexibility index (Phi) is 3.19. The fourth-order valence-electron chi connectivity index (χ4n) is 1.44. The maximum Gasteiger partial charge on any atom is 0.202 e. The molecule has 3 heteroatoms. The highest BCUT2D eigenvalue weighted by Gasteiger charge is 2.17. The molecule has 1 aromatic heterocycles. The van der Waals surface area contributed by atoms with E-state index >= 15 is 0 Å². The minimum absolute atomic E-state index is 0.332. The highest BCUT2D eigenvalue weighted by molar-refractivity contribution is 5.27. The second-order valence-electron chi connectivity index (χ2n) is 4.60. The third kappa shape index (κ3) is 2.50. The summed E-state index contributed by atoms with van der Waals surface area (Å²) in [6.07, 6.45) is 3.27. The molecule has 0 amide bonds. The molecule has 3 nitrogen and oxygen atoms in total. The van der Waals surface area contributed by atoms with Gasteiger partial charge in [0.2, 0.25) is 5.95 Å². The molecule has 0 aliphatic rings. The molecule has 0 saturated carbocycles.